The van der Waals surface area contributed by atoms with Gasteiger partial charge in [0.25, 0.3) is 0 Å². The Morgan fingerprint density at radius 2 is 2.00 bits per heavy atom. The SMILES string of the molecule is COc1cc(CN(C)CC2(O)CCCC2)cc(Br)c1O. The average Bonchev–Trinajstić information content (AvgIpc) is 2.79. The minimum Gasteiger partial charge on any atom is -0.503 e. The Kier molecular flexibility index (Phi) is 4.94. The summed E-state index contributed by atoms with van der Waals surface area (Å²) in [5, 5.41) is 20.2. The zero-order valence-corrected chi connectivity index (χ0v) is 13.6. The molecule has 5 heteroatoms. The first-order valence-corrected chi connectivity index (χ1v) is 7.69. The molecule has 1 aromatic rings. The number of ether oxygens (including phenoxy) is 1. The van der Waals surface area contributed by atoms with Gasteiger partial charge in [-0.1, -0.05) is 12.8 Å². The number of rotatable bonds is 5. The van der Waals surface area contributed by atoms with Crippen molar-refractivity contribution in [3.8, 4) is 11.5 Å². The van der Waals surface area contributed by atoms with Crippen LogP contribution in [0.5, 0.6) is 11.5 Å². The molecule has 0 aromatic heterocycles. The van der Waals surface area contributed by atoms with Gasteiger partial charge in [-0.2, -0.15) is 0 Å². The fourth-order valence-corrected chi connectivity index (χ4v) is 3.42. The third kappa shape index (κ3) is 3.65. The summed E-state index contributed by atoms with van der Waals surface area (Å²) < 4.78 is 5.78. The maximum absolute atomic E-state index is 10.4. The van der Waals surface area contributed by atoms with Crippen molar-refractivity contribution in [1.29, 1.82) is 0 Å². The quantitative estimate of drug-likeness (QED) is 0.863. The van der Waals surface area contributed by atoms with Crippen molar-refractivity contribution >= 4 is 15.9 Å². The van der Waals surface area contributed by atoms with E-state index in [2.05, 4.69) is 20.8 Å². The van der Waals surface area contributed by atoms with E-state index in [-0.39, 0.29) is 5.75 Å². The number of benzene rings is 1. The zero-order chi connectivity index (χ0) is 14.8. The predicted molar refractivity (Wildman–Crippen MR) is 82.1 cm³/mol. The second-order valence-corrected chi connectivity index (χ2v) is 6.59. The van der Waals surface area contributed by atoms with E-state index in [9.17, 15) is 10.2 Å². The van der Waals surface area contributed by atoms with Crippen molar-refractivity contribution in [2.75, 3.05) is 20.7 Å². The van der Waals surface area contributed by atoms with E-state index >= 15 is 0 Å². The molecule has 1 fully saturated rings. The molecule has 1 aromatic carbocycles. The Labute approximate surface area is 128 Å². The molecule has 0 bridgehead atoms. The van der Waals surface area contributed by atoms with Crippen LogP contribution in [0.15, 0.2) is 16.6 Å². The standard InChI is InChI=1S/C15H22BrNO3/c1-17(10-15(19)5-3-4-6-15)9-11-7-12(16)14(18)13(8-11)20-2/h7-8,18-19H,3-6,9-10H2,1-2H3. The molecule has 1 saturated carbocycles. The van der Waals surface area contributed by atoms with Crippen molar-refractivity contribution in [2.24, 2.45) is 0 Å². The molecule has 1 aliphatic rings. The molecule has 1 aliphatic carbocycles. The van der Waals surface area contributed by atoms with Gasteiger partial charge in [0.2, 0.25) is 0 Å². The molecule has 0 heterocycles. The molecule has 0 unspecified atom stereocenters. The number of phenolic OH excluding ortho intramolecular Hbond substituents is 1. The van der Waals surface area contributed by atoms with Crippen LogP contribution < -0.4 is 4.74 Å². The summed E-state index contributed by atoms with van der Waals surface area (Å²) in [6.45, 7) is 1.38. The number of hydrogen-bond donors (Lipinski definition) is 2. The lowest BCUT2D eigenvalue weighted by Gasteiger charge is -2.28. The van der Waals surface area contributed by atoms with Crippen LogP contribution >= 0.6 is 15.9 Å². The number of phenols is 1. The summed E-state index contributed by atoms with van der Waals surface area (Å²) in [6, 6.07) is 3.71. The summed E-state index contributed by atoms with van der Waals surface area (Å²) in [5.74, 6) is 0.579. The molecule has 2 N–H and O–H groups in total. The third-order valence-corrected chi connectivity index (χ3v) is 4.46. The van der Waals surface area contributed by atoms with Crippen molar-refractivity contribution in [2.45, 2.75) is 37.8 Å². The van der Waals surface area contributed by atoms with Crippen LogP contribution in [0.2, 0.25) is 0 Å². The first-order valence-electron chi connectivity index (χ1n) is 6.90. The Bertz CT molecular complexity index is 472. The molecule has 0 amide bonds. The lowest BCUT2D eigenvalue weighted by molar-refractivity contribution is 0.0145. The summed E-state index contributed by atoms with van der Waals surface area (Å²) in [4.78, 5) is 2.11. The number of nitrogens with zero attached hydrogens (tertiary/aromatic N) is 1. The normalized spacial score (nSPS) is 17.6. The largest absolute Gasteiger partial charge is 0.503 e. The topological polar surface area (TPSA) is 52.9 Å². The van der Waals surface area contributed by atoms with Gasteiger partial charge in [-0.15, -0.1) is 0 Å². The smallest absolute Gasteiger partial charge is 0.172 e. The van der Waals surface area contributed by atoms with Crippen molar-refractivity contribution in [1.82, 2.24) is 4.90 Å². The highest BCUT2D eigenvalue weighted by molar-refractivity contribution is 9.10. The predicted octanol–water partition coefficient (Wildman–Crippen LogP) is 2.90. The van der Waals surface area contributed by atoms with Gasteiger partial charge in [-0.05, 0) is 53.5 Å². The molecular weight excluding hydrogens is 322 g/mol. The fourth-order valence-electron chi connectivity index (χ4n) is 2.94. The lowest BCUT2D eigenvalue weighted by atomic mass is 10.0. The van der Waals surface area contributed by atoms with E-state index in [4.69, 9.17) is 4.74 Å². The van der Waals surface area contributed by atoms with Gasteiger partial charge < -0.3 is 14.9 Å². The second kappa shape index (κ2) is 6.33. The summed E-state index contributed by atoms with van der Waals surface area (Å²) >= 11 is 3.33. The first kappa shape index (κ1) is 15.6. The van der Waals surface area contributed by atoms with Crippen LogP contribution in [0, 0.1) is 0 Å². The number of aliphatic hydroxyl groups is 1. The molecular formula is C15H22BrNO3. The molecule has 0 saturated heterocycles. The highest BCUT2D eigenvalue weighted by Crippen LogP contribution is 2.36. The summed E-state index contributed by atoms with van der Waals surface area (Å²) in [7, 11) is 3.54. The highest BCUT2D eigenvalue weighted by Gasteiger charge is 2.32. The van der Waals surface area contributed by atoms with Crippen molar-refractivity contribution in [3.63, 3.8) is 0 Å². The third-order valence-electron chi connectivity index (χ3n) is 3.86. The average molecular weight is 344 g/mol. The van der Waals surface area contributed by atoms with Gasteiger partial charge in [0.05, 0.1) is 17.2 Å². The Morgan fingerprint density at radius 1 is 1.35 bits per heavy atom. The number of methoxy groups -OCH3 is 1. The van der Waals surface area contributed by atoms with E-state index in [1.165, 1.54) is 7.11 Å². The van der Waals surface area contributed by atoms with Crippen LogP contribution in [0.1, 0.15) is 31.2 Å². The van der Waals surface area contributed by atoms with Crippen molar-refractivity contribution in [3.05, 3.63) is 22.2 Å². The Morgan fingerprint density at radius 3 is 2.60 bits per heavy atom. The second-order valence-electron chi connectivity index (χ2n) is 5.73. The van der Waals surface area contributed by atoms with E-state index in [1.54, 1.807) is 0 Å². The number of hydrogen-bond acceptors (Lipinski definition) is 4. The molecule has 0 radical (unpaired) electrons. The Hall–Kier alpha value is -0.780. The van der Waals surface area contributed by atoms with Crippen LogP contribution in [0.4, 0.5) is 0 Å². The number of halogens is 1. The molecule has 0 aliphatic heterocycles. The van der Waals surface area contributed by atoms with Gasteiger partial charge in [-0.25, -0.2) is 0 Å². The van der Waals surface area contributed by atoms with Crippen LogP contribution in [-0.4, -0.2) is 41.4 Å². The Balaban J connectivity index is 2.04. The van der Waals surface area contributed by atoms with Gasteiger partial charge in [-0.3, -0.25) is 4.90 Å². The van der Waals surface area contributed by atoms with E-state index in [0.29, 0.717) is 23.3 Å². The maximum atomic E-state index is 10.4. The molecule has 112 valence electrons. The van der Waals surface area contributed by atoms with Crippen LogP contribution in [-0.2, 0) is 6.54 Å². The van der Waals surface area contributed by atoms with Crippen molar-refractivity contribution < 1.29 is 14.9 Å². The lowest BCUT2D eigenvalue weighted by Crippen LogP contribution is -2.38. The van der Waals surface area contributed by atoms with Gasteiger partial charge in [0.1, 0.15) is 0 Å². The summed E-state index contributed by atoms with van der Waals surface area (Å²) in [6.07, 6.45) is 4.01. The minimum absolute atomic E-state index is 0.119. The van der Waals surface area contributed by atoms with Gasteiger partial charge >= 0.3 is 0 Å². The van der Waals surface area contributed by atoms with Gasteiger partial charge in [0.15, 0.2) is 11.5 Å². The summed E-state index contributed by atoms with van der Waals surface area (Å²) in [5.41, 5.74) is 0.503. The minimum atomic E-state index is -0.535. The highest BCUT2D eigenvalue weighted by atomic mass is 79.9. The zero-order valence-electron chi connectivity index (χ0n) is 12.0. The van der Waals surface area contributed by atoms with Crippen LogP contribution in [0.3, 0.4) is 0 Å². The van der Waals surface area contributed by atoms with Crippen LogP contribution in [0.25, 0.3) is 0 Å². The molecule has 0 atom stereocenters. The molecule has 4 nitrogen and oxygen atoms in total. The molecule has 2 rings (SSSR count). The molecule has 20 heavy (non-hydrogen) atoms. The van der Waals surface area contributed by atoms with E-state index in [0.717, 1.165) is 31.2 Å². The van der Waals surface area contributed by atoms with E-state index < -0.39 is 5.60 Å². The number of likely N-dealkylation sites (N-methyl/N-ethyl adjacent to an activating group) is 1. The first-order chi connectivity index (χ1) is 9.43. The fraction of sp³-hybridized carbons (Fsp3) is 0.600. The molecule has 0 spiro atoms. The number of aromatic hydroxyl groups is 1. The maximum Gasteiger partial charge on any atom is 0.172 e. The monoisotopic (exact) mass is 343 g/mol. The van der Waals surface area contributed by atoms with Gasteiger partial charge in [0, 0.05) is 13.1 Å². The van der Waals surface area contributed by atoms with E-state index in [1.807, 2.05) is 19.2 Å².